The van der Waals surface area contributed by atoms with Crippen LogP contribution >= 0.6 is 11.6 Å². The molecule has 0 fully saturated rings. The molecule has 3 nitrogen and oxygen atoms in total. The van der Waals surface area contributed by atoms with Gasteiger partial charge < -0.3 is 4.74 Å². The van der Waals surface area contributed by atoms with Crippen LogP contribution in [-0.2, 0) is 0 Å². The van der Waals surface area contributed by atoms with Gasteiger partial charge in [-0.05, 0) is 66.6 Å². The van der Waals surface area contributed by atoms with Crippen LogP contribution < -0.4 is 10.2 Å². The predicted octanol–water partition coefficient (Wildman–Crippen LogP) is 5.89. The Kier molecular flexibility index (Phi) is 5.14. The van der Waals surface area contributed by atoms with E-state index in [1.165, 1.54) is 0 Å². The van der Waals surface area contributed by atoms with E-state index in [1.54, 1.807) is 6.21 Å². The fraction of sp³-hybridized carbons (Fsp3) is 0.0500. The van der Waals surface area contributed by atoms with Crippen LogP contribution in [0.4, 0.5) is 5.69 Å². The molecule has 0 unspecified atom stereocenters. The Balaban J connectivity index is 1.62. The molecule has 0 aliphatic heterocycles. The maximum Gasteiger partial charge on any atom is 0.130 e. The lowest BCUT2D eigenvalue weighted by atomic mass is 10.2. The number of nitrogens with one attached hydrogen (secondary N) is 1. The van der Waals surface area contributed by atoms with Crippen LogP contribution in [0.2, 0.25) is 5.02 Å². The van der Waals surface area contributed by atoms with Crippen LogP contribution in [0.25, 0.3) is 0 Å². The van der Waals surface area contributed by atoms with Gasteiger partial charge in [0.25, 0.3) is 0 Å². The summed E-state index contributed by atoms with van der Waals surface area (Å²) in [6, 6.07) is 23.1. The van der Waals surface area contributed by atoms with Crippen LogP contribution in [0.1, 0.15) is 11.1 Å². The van der Waals surface area contributed by atoms with Gasteiger partial charge in [-0.1, -0.05) is 35.9 Å². The van der Waals surface area contributed by atoms with Gasteiger partial charge in [0.2, 0.25) is 0 Å². The molecule has 3 aromatic carbocycles. The monoisotopic (exact) mass is 336 g/mol. The molecule has 0 aliphatic carbocycles. The molecule has 0 atom stereocenters. The van der Waals surface area contributed by atoms with Crippen molar-refractivity contribution in [1.82, 2.24) is 0 Å². The molecule has 0 aliphatic rings. The van der Waals surface area contributed by atoms with E-state index in [9.17, 15) is 0 Å². The molecule has 0 heterocycles. The molecule has 4 heteroatoms. The molecule has 1 N–H and O–H groups in total. The van der Waals surface area contributed by atoms with E-state index in [2.05, 4.69) is 10.5 Å². The van der Waals surface area contributed by atoms with Gasteiger partial charge in [0.1, 0.15) is 11.5 Å². The third-order valence-corrected chi connectivity index (χ3v) is 3.67. The average molecular weight is 337 g/mol. The van der Waals surface area contributed by atoms with Crippen molar-refractivity contribution in [2.45, 2.75) is 6.92 Å². The summed E-state index contributed by atoms with van der Waals surface area (Å²) in [7, 11) is 0. The number of nitrogens with zero attached hydrogens (tertiary/aromatic N) is 1. The van der Waals surface area contributed by atoms with Crippen molar-refractivity contribution in [2.24, 2.45) is 5.10 Å². The molecule has 0 saturated carbocycles. The summed E-state index contributed by atoms with van der Waals surface area (Å²) in [5.41, 5.74) is 5.87. The molecule has 0 aromatic heterocycles. The lowest BCUT2D eigenvalue weighted by Gasteiger charge is -2.08. The predicted molar refractivity (Wildman–Crippen MR) is 100 cm³/mol. The van der Waals surface area contributed by atoms with Gasteiger partial charge in [0.15, 0.2) is 0 Å². The van der Waals surface area contributed by atoms with Gasteiger partial charge in [-0.2, -0.15) is 5.10 Å². The Morgan fingerprint density at radius 1 is 0.958 bits per heavy atom. The number of hydrogen-bond donors (Lipinski definition) is 1. The Hall–Kier alpha value is -2.78. The van der Waals surface area contributed by atoms with Crippen LogP contribution in [0.15, 0.2) is 77.9 Å². The van der Waals surface area contributed by atoms with Gasteiger partial charge in [-0.15, -0.1) is 0 Å². The highest BCUT2D eigenvalue weighted by Crippen LogP contribution is 2.24. The minimum Gasteiger partial charge on any atom is -0.457 e. The first-order valence-electron chi connectivity index (χ1n) is 7.59. The highest BCUT2D eigenvalue weighted by Gasteiger charge is 2.00. The quantitative estimate of drug-likeness (QED) is 0.465. The molecule has 0 amide bonds. The minimum absolute atomic E-state index is 0.674. The minimum atomic E-state index is 0.674. The van der Waals surface area contributed by atoms with Gasteiger partial charge in [0, 0.05) is 5.02 Å². The normalized spacial score (nSPS) is 10.8. The third kappa shape index (κ3) is 4.37. The maximum absolute atomic E-state index is 5.93. The van der Waals surface area contributed by atoms with E-state index >= 15 is 0 Å². The summed E-state index contributed by atoms with van der Waals surface area (Å²) in [6.07, 6.45) is 1.75. The molecular weight excluding hydrogens is 320 g/mol. The first-order chi connectivity index (χ1) is 11.7. The largest absolute Gasteiger partial charge is 0.457 e. The summed E-state index contributed by atoms with van der Waals surface area (Å²) in [4.78, 5) is 0. The molecule has 3 rings (SSSR count). The van der Waals surface area contributed by atoms with Crippen molar-refractivity contribution in [2.75, 3.05) is 5.43 Å². The van der Waals surface area contributed by atoms with Crippen molar-refractivity contribution < 1.29 is 4.74 Å². The Labute approximate surface area is 146 Å². The van der Waals surface area contributed by atoms with E-state index in [0.717, 1.165) is 28.3 Å². The Bertz CT molecular complexity index is 844. The fourth-order valence-electron chi connectivity index (χ4n) is 2.16. The van der Waals surface area contributed by atoms with Gasteiger partial charge >= 0.3 is 0 Å². The Morgan fingerprint density at radius 3 is 2.50 bits per heavy atom. The van der Waals surface area contributed by atoms with Crippen LogP contribution in [0, 0.1) is 6.92 Å². The number of ether oxygens (including phenoxy) is 1. The topological polar surface area (TPSA) is 33.6 Å². The molecule has 0 saturated heterocycles. The average Bonchev–Trinajstić information content (AvgIpc) is 2.59. The second-order valence-electron chi connectivity index (χ2n) is 5.32. The van der Waals surface area contributed by atoms with E-state index in [0.29, 0.717) is 5.02 Å². The number of hydrazone groups is 1. The fourth-order valence-corrected chi connectivity index (χ4v) is 2.35. The zero-order valence-electron chi connectivity index (χ0n) is 13.2. The van der Waals surface area contributed by atoms with Crippen molar-refractivity contribution in [3.8, 4) is 11.5 Å². The first-order valence-corrected chi connectivity index (χ1v) is 7.97. The number of hydrogen-bond acceptors (Lipinski definition) is 3. The molecule has 3 aromatic rings. The van der Waals surface area contributed by atoms with Crippen LogP contribution in [0.5, 0.6) is 11.5 Å². The molecule has 24 heavy (non-hydrogen) atoms. The number of para-hydroxylation sites is 1. The summed E-state index contributed by atoms with van der Waals surface area (Å²) >= 11 is 5.93. The zero-order valence-corrected chi connectivity index (χ0v) is 14.0. The van der Waals surface area contributed by atoms with E-state index in [1.807, 2.05) is 79.7 Å². The number of anilines is 1. The summed E-state index contributed by atoms with van der Waals surface area (Å²) in [6.45, 7) is 2.03. The van der Waals surface area contributed by atoms with Crippen LogP contribution in [0.3, 0.4) is 0 Å². The summed E-state index contributed by atoms with van der Waals surface area (Å²) < 4.78 is 5.88. The Morgan fingerprint density at radius 2 is 1.75 bits per heavy atom. The molecule has 0 spiro atoms. The third-order valence-electron chi connectivity index (χ3n) is 3.43. The van der Waals surface area contributed by atoms with Gasteiger partial charge in [-0.25, -0.2) is 0 Å². The van der Waals surface area contributed by atoms with Crippen LogP contribution in [-0.4, -0.2) is 6.21 Å². The van der Waals surface area contributed by atoms with Crippen molar-refractivity contribution in [3.05, 3.63) is 88.9 Å². The number of aryl methyl sites for hydroxylation is 1. The van der Waals surface area contributed by atoms with E-state index in [-0.39, 0.29) is 0 Å². The van der Waals surface area contributed by atoms with Gasteiger partial charge in [-0.3, -0.25) is 5.43 Å². The lowest BCUT2D eigenvalue weighted by Crippen LogP contribution is -1.91. The number of halogens is 1. The highest BCUT2D eigenvalue weighted by atomic mass is 35.5. The molecule has 0 radical (unpaired) electrons. The molecule has 120 valence electrons. The van der Waals surface area contributed by atoms with E-state index in [4.69, 9.17) is 16.3 Å². The summed E-state index contributed by atoms with van der Waals surface area (Å²) in [5, 5.41) is 4.88. The smallest absolute Gasteiger partial charge is 0.130 e. The molecule has 0 bridgehead atoms. The van der Waals surface area contributed by atoms with Crippen molar-refractivity contribution in [1.29, 1.82) is 0 Å². The standard InChI is InChI=1S/C20H17ClN2O/c1-15-5-2-3-8-20(15)24-19-11-9-16(10-12-19)14-22-23-18-7-4-6-17(21)13-18/h2-14,23H,1H3. The summed E-state index contributed by atoms with van der Waals surface area (Å²) in [5.74, 6) is 1.66. The number of benzene rings is 3. The lowest BCUT2D eigenvalue weighted by molar-refractivity contribution is 0.479. The molecular formula is C20H17ClN2O. The van der Waals surface area contributed by atoms with E-state index < -0.39 is 0 Å². The first kappa shape index (κ1) is 16.1. The van der Waals surface area contributed by atoms with Crippen molar-refractivity contribution in [3.63, 3.8) is 0 Å². The highest BCUT2D eigenvalue weighted by molar-refractivity contribution is 6.30. The number of rotatable bonds is 5. The second kappa shape index (κ2) is 7.66. The second-order valence-corrected chi connectivity index (χ2v) is 5.75. The maximum atomic E-state index is 5.93. The van der Waals surface area contributed by atoms with Gasteiger partial charge in [0.05, 0.1) is 11.9 Å². The van der Waals surface area contributed by atoms with Crippen molar-refractivity contribution >= 4 is 23.5 Å². The zero-order chi connectivity index (χ0) is 16.8. The SMILES string of the molecule is Cc1ccccc1Oc1ccc(C=NNc2cccc(Cl)c2)cc1.